The van der Waals surface area contributed by atoms with E-state index in [9.17, 15) is 0 Å². The fraction of sp³-hybridized carbons (Fsp3) is 0.143. The average molecular weight is 335 g/mol. The molecule has 0 aromatic carbocycles. The van der Waals surface area contributed by atoms with Crippen LogP contribution in [0.3, 0.4) is 0 Å². The maximum atomic E-state index is 5.48. The fourth-order valence-electron chi connectivity index (χ4n) is 0.991. The lowest BCUT2D eigenvalue weighted by Crippen LogP contribution is -2.30. The highest BCUT2D eigenvalue weighted by Gasteiger charge is 2.21. The molecule has 0 aliphatic heterocycles. The first-order chi connectivity index (χ1) is 10.1. The monoisotopic (exact) mass is 334 g/mol. The van der Waals surface area contributed by atoms with Crippen molar-refractivity contribution in [2.75, 3.05) is 0 Å². The van der Waals surface area contributed by atoms with E-state index in [1.54, 1.807) is 36.5 Å². The maximum Gasteiger partial charge on any atom is 0.424 e. The second kappa shape index (κ2) is 10.6. The standard InChI is InChI=1S/C14H18O4Si3/c1-7-13(8-2,9-3)15-19-17-21-18-20-16-14(10-4,11-5)12-6/h7-12H,1-6H2. The van der Waals surface area contributed by atoms with Gasteiger partial charge in [-0.1, -0.05) is 75.9 Å². The third-order valence-corrected chi connectivity index (χ3v) is 4.72. The van der Waals surface area contributed by atoms with Crippen molar-refractivity contribution in [3.8, 4) is 0 Å². The lowest BCUT2D eigenvalue weighted by Gasteiger charge is -2.22. The van der Waals surface area contributed by atoms with Crippen molar-refractivity contribution in [1.29, 1.82) is 0 Å². The van der Waals surface area contributed by atoms with Gasteiger partial charge in [-0.3, -0.25) is 0 Å². The van der Waals surface area contributed by atoms with Gasteiger partial charge in [0.05, 0.1) is 0 Å². The molecule has 4 nitrogen and oxygen atoms in total. The van der Waals surface area contributed by atoms with Crippen molar-refractivity contribution in [3.05, 3.63) is 75.9 Å². The van der Waals surface area contributed by atoms with E-state index in [0.29, 0.717) is 0 Å². The predicted molar refractivity (Wildman–Crippen MR) is 88.2 cm³/mol. The average Bonchev–Trinajstić information content (AvgIpc) is 2.55. The Morgan fingerprint density at radius 3 is 1.05 bits per heavy atom. The zero-order chi connectivity index (χ0) is 16.2. The molecule has 0 bridgehead atoms. The molecule has 0 unspecified atom stereocenters. The molecule has 0 atom stereocenters. The summed E-state index contributed by atoms with van der Waals surface area (Å²) in [5, 5.41) is 0. The molecular formula is C14H18O4Si3. The molecule has 7 heteroatoms. The van der Waals surface area contributed by atoms with Crippen LogP contribution in [-0.4, -0.2) is 41.2 Å². The van der Waals surface area contributed by atoms with E-state index in [4.69, 9.17) is 17.1 Å². The van der Waals surface area contributed by atoms with Gasteiger partial charge in [-0.05, 0) is 0 Å². The van der Waals surface area contributed by atoms with Crippen molar-refractivity contribution in [1.82, 2.24) is 0 Å². The topological polar surface area (TPSA) is 36.9 Å². The molecular weight excluding hydrogens is 316 g/mol. The Hall–Kier alpha value is -1.07. The third kappa shape index (κ3) is 6.48. The van der Waals surface area contributed by atoms with Crippen LogP contribution in [0.4, 0.5) is 0 Å². The Morgan fingerprint density at radius 1 is 0.524 bits per heavy atom. The molecule has 110 valence electrons. The van der Waals surface area contributed by atoms with Crippen molar-refractivity contribution >= 4 is 30.0 Å². The van der Waals surface area contributed by atoms with Crippen LogP contribution in [0.2, 0.25) is 0 Å². The van der Waals surface area contributed by atoms with Gasteiger partial charge in [0.2, 0.25) is 0 Å². The molecule has 6 radical (unpaired) electrons. The largest absolute Gasteiger partial charge is 0.424 e. The molecule has 0 fully saturated rings. The molecule has 0 N–H and O–H groups in total. The van der Waals surface area contributed by atoms with Crippen molar-refractivity contribution in [2.45, 2.75) is 11.2 Å². The lowest BCUT2D eigenvalue weighted by atomic mass is 10.1. The van der Waals surface area contributed by atoms with Crippen LogP contribution >= 0.6 is 0 Å². The Labute approximate surface area is 134 Å². The van der Waals surface area contributed by atoms with Gasteiger partial charge in [-0.25, -0.2) is 0 Å². The number of hydrogen-bond donors (Lipinski definition) is 0. The van der Waals surface area contributed by atoms with E-state index in [0.717, 1.165) is 0 Å². The minimum absolute atomic E-state index is 0.219. The summed E-state index contributed by atoms with van der Waals surface area (Å²) in [6.07, 6.45) is 9.53. The molecule has 0 saturated heterocycles. The summed E-state index contributed by atoms with van der Waals surface area (Å²) in [6, 6.07) is 0. The summed E-state index contributed by atoms with van der Waals surface area (Å²) in [5.74, 6) is 0. The highest BCUT2D eigenvalue weighted by Crippen LogP contribution is 2.15. The zero-order valence-corrected chi connectivity index (χ0v) is 14.8. The minimum atomic E-state index is -0.786. The van der Waals surface area contributed by atoms with Gasteiger partial charge in [-0.2, -0.15) is 0 Å². The molecule has 0 aliphatic carbocycles. The van der Waals surface area contributed by atoms with Crippen LogP contribution in [0.25, 0.3) is 0 Å². The Bertz CT molecular complexity index is 316. The van der Waals surface area contributed by atoms with E-state index >= 15 is 0 Å². The molecule has 0 aliphatic rings. The second-order valence-electron chi connectivity index (χ2n) is 3.59. The predicted octanol–water partition coefficient (Wildman–Crippen LogP) is 2.25. The molecule has 21 heavy (non-hydrogen) atoms. The van der Waals surface area contributed by atoms with Crippen molar-refractivity contribution in [2.24, 2.45) is 0 Å². The first kappa shape index (κ1) is 19.9. The molecule has 0 saturated carbocycles. The highest BCUT2D eigenvalue weighted by molar-refractivity contribution is 6.41. The van der Waals surface area contributed by atoms with Crippen molar-refractivity contribution < 1.29 is 17.1 Å². The van der Waals surface area contributed by atoms with Crippen LogP contribution in [0.1, 0.15) is 0 Å². The van der Waals surface area contributed by atoms with Crippen LogP contribution in [-0.2, 0) is 17.1 Å². The zero-order valence-electron chi connectivity index (χ0n) is 11.8. The van der Waals surface area contributed by atoms with Gasteiger partial charge in [-0.15, -0.1) is 0 Å². The van der Waals surface area contributed by atoms with Crippen LogP contribution in [0.15, 0.2) is 75.9 Å². The second-order valence-corrected chi connectivity index (χ2v) is 6.13. The van der Waals surface area contributed by atoms with Crippen LogP contribution in [0.5, 0.6) is 0 Å². The Morgan fingerprint density at radius 2 is 0.810 bits per heavy atom. The molecule has 0 amide bonds. The van der Waals surface area contributed by atoms with Crippen molar-refractivity contribution in [3.63, 3.8) is 0 Å². The van der Waals surface area contributed by atoms with Gasteiger partial charge < -0.3 is 17.1 Å². The van der Waals surface area contributed by atoms with E-state index < -0.39 is 11.2 Å². The van der Waals surface area contributed by atoms with Gasteiger partial charge in [0.25, 0.3) is 0 Å². The van der Waals surface area contributed by atoms with E-state index in [-0.39, 0.29) is 30.0 Å². The van der Waals surface area contributed by atoms with Gasteiger partial charge in [0, 0.05) is 0 Å². The minimum Gasteiger partial charge on any atom is -0.412 e. The van der Waals surface area contributed by atoms with Crippen LogP contribution < -0.4 is 0 Å². The summed E-state index contributed by atoms with van der Waals surface area (Å²) < 4.78 is 21.4. The first-order valence-corrected chi connectivity index (χ1v) is 8.26. The van der Waals surface area contributed by atoms with E-state index in [1.165, 1.54) is 0 Å². The summed E-state index contributed by atoms with van der Waals surface area (Å²) in [6.45, 7) is 22.0. The Balaban J connectivity index is 3.93. The lowest BCUT2D eigenvalue weighted by molar-refractivity contribution is 0.190. The first-order valence-electron chi connectivity index (χ1n) is 5.81. The smallest absolute Gasteiger partial charge is 0.412 e. The van der Waals surface area contributed by atoms with Crippen LogP contribution in [0, 0.1) is 0 Å². The summed E-state index contributed by atoms with van der Waals surface area (Å²) in [4.78, 5) is 0. The van der Waals surface area contributed by atoms with Gasteiger partial charge in [0.1, 0.15) is 11.2 Å². The van der Waals surface area contributed by atoms with Gasteiger partial charge >= 0.3 is 30.0 Å². The maximum absolute atomic E-state index is 5.48. The third-order valence-electron chi connectivity index (χ3n) is 2.52. The van der Waals surface area contributed by atoms with E-state index in [2.05, 4.69) is 39.5 Å². The fourth-order valence-corrected chi connectivity index (χ4v) is 2.93. The normalized spacial score (nSPS) is 11.4. The highest BCUT2D eigenvalue weighted by atomic mass is 28.4. The number of hydrogen-bond acceptors (Lipinski definition) is 4. The van der Waals surface area contributed by atoms with Gasteiger partial charge in [0.15, 0.2) is 0 Å². The molecule has 0 aromatic heterocycles. The summed E-state index contributed by atoms with van der Waals surface area (Å²) in [5.41, 5.74) is -1.57. The summed E-state index contributed by atoms with van der Waals surface area (Å²) >= 11 is 0. The van der Waals surface area contributed by atoms with E-state index in [1.807, 2.05) is 0 Å². The summed E-state index contributed by atoms with van der Waals surface area (Å²) in [7, 11) is -0.689. The SMILES string of the molecule is C=CC(C=C)(C=C)O[Si]O[Si]O[Si]OC(C=C)(C=C)C=C. The Kier molecular flexibility index (Phi) is 10.1. The molecule has 0 spiro atoms. The molecule has 0 aromatic rings. The molecule has 0 rings (SSSR count). The molecule has 0 heterocycles. The quantitative estimate of drug-likeness (QED) is 0.277. The number of rotatable bonds is 14.